The molecule has 234 valence electrons. The van der Waals surface area contributed by atoms with Crippen LogP contribution in [0, 0.1) is 39.2 Å². The predicted molar refractivity (Wildman–Crippen MR) is 172 cm³/mol. The predicted octanol–water partition coefficient (Wildman–Crippen LogP) is 5.89. The maximum Gasteiger partial charge on any atom is 0.269 e. The van der Waals surface area contributed by atoms with Gasteiger partial charge in [0.05, 0.1) is 39.5 Å². The van der Waals surface area contributed by atoms with E-state index in [2.05, 4.69) is 0 Å². The number of nitrogens with zero attached hydrogens (tertiary/aromatic N) is 3. The second kappa shape index (κ2) is 10.2. The zero-order valence-electron chi connectivity index (χ0n) is 25.3. The normalized spacial score (nSPS) is 28.3. The molecule has 1 saturated carbocycles. The number of hydrogen-bond acceptors (Lipinski definition) is 7. The maximum atomic E-state index is 14.7. The smallest absolute Gasteiger partial charge is 0.269 e. The van der Waals surface area contributed by atoms with Gasteiger partial charge in [-0.15, -0.1) is 0 Å². The topological polar surface area (TPSA) is 138 Å². The van der Waals surface area contributed by atoms with Crippen molar-refractivity contribution >= 4 is 51.5 Å². The first kappa shape index (κ1) is 28.8. The second-order valence-electron chi connectivity index (χ2n) is 13.0. The molecule has 2 aliphatic carbocycles. The van der Waals surface area contributed by atoms with E-state index in [4.69, 9.17) is 0 Å². The van der Waals surface area contributed by atoms with Gasteiger partial charge in [-0.3, -0.25) is 34.2 Å². The Hall–Kier alpha value is -5.64. The van der Waals surface area contributed by atoms with Crippen LogP contribution in [0.3, 0.4) is 0 Å². The zero-order valence-corrected chi connectivity index (χ0v) is 25.3. The van der Waals surface area contributed by atoms with E-state index < -0.39 is 51.7 Å². The molecule has 0 radical (unpaired) electrons. The van der Waals surface area contributed by atoms with Gasteiger partial charge in [-0.25, -0.2) is 4.90 Å². The van der Waals surface area contributed by atoms with Crippen LogP contribution in [0.2, 0.25) is 0 Å². The van der Waals surface area contributed by atoms with Crippen molar-refractivity contribution in [2.24, 2.45) is 29.1 Å². The van der Waals surface area contributed by atoms with Gasteiger partial charge in [0.15, 0.2) is 0 Å². The van der Waals surface area contributed by atoms with Gasteiger partial charge in [0.25, 0.3) is 5.69 Å². The Morgan fingerprint density at radius 2 is 1.47 bits per heavy atom. The van der Waals surface area contributed by atoms with E-state index >= 15 is 0 Å². The number of imide groups is 2. The molecule has 3 fully saturated rings. The number of phenolic OH excluding ortho intramolecular Hbond substituents is 1. The lowest BCUT2D eigenvalue weighted by atomic mass is 9.51. The summed E-state index contributed by atoms with van der Waals surface area (Å²) in [5.41, 5.74) is 0.515. The standard InChI is InChI=1S/C37H29N3O7/c1-37-28(34(43)39(36(37)45)21-8-3-2-4-9-21)19-27-25(32(37)31-24-10-6-5-7-20(24)11-18-29(31)41)16-17-26-30(27)35(44)38(33(26)42)22-12-14-23(15-13-22)40(46)47/h2-16,18,26-28,30,32,41H,17,19H2,1H3/t26-,27+,28-,30-,32+,37+/m0/s1. The highest BCUT2D eigenvalue weighted by atomic mass is 16.6. The number of hydrogen-bond donors (Lipinski definition) is 1. The van der Waals surface area contributed by atoms with Gasteiger partial charge < -0.3 is 5.11 Å². The third-order valence-corrected chi connectivity index (χ3v) is 10.8. The molecule has 4 aliphatic rings. The minimum Gasteiger partial charge on any atom is -0.508 e. The fourth-order valence-electron chi connectivity index (χ4n) is 8.71. The number of allylic oxidation sites excluding steroid dienone is 2. The van der Waals surface area contributed by atoms with Gasteiger partial charge in [0.1, 0.15) is 5.75 Å². The summed E-state index contributed by atoms with van der Waals surface area (Å²) in [6, 6.07) is 25.0. The number of aromatic hydroxyl groups is 1. The molecule has 4 aromatic rings. The number of carbonyl (C=O) groups excluding carboxylic acids is 4. The number of amides is 4. The van der Waals surface area contributed by atoms with Crippen LogP contribution >= 0.6 is 0 Å². The van der Waals surface area contributed by atoms with E-state index in [1.165, 1.54) is 29.2 Å². The molecule has 0 spiro atoms. The van der Waals surface area contributed by atoms with Gasteiger partial charge in [0, 0.05) is 23.6 Å². The second-order valence-corrected chi connectivity index (χ2v) is 13.0. The van der Waals surface area contributed by atoms with Crippen molar-refractivity contribution in [2.45, 2.75) is 25.7 Å². The highest BCUT2D eigenvalue weighted by Gasteiger charge is 2.68. The fourth-order valence-corrected chi connectivity index (χ4v) is 8.71. The van der Waals surface area contributed by atoms with Gasteiger partial charge in [0.2, 0.25) is 23.6 Å². The molecule has 10 heteroatoms. The van der Waals surface area contributed by atoms with E-state index in [0.29, 0.717) is 11.3 Å². The number of fused-ring (bicyclic) bond motifs is 5. The van der Waals surface area contributed by atoms with Crippen LogP contribution in [0.25, 0.3) is 10.8 Å². The summed E-state index contributed by atoms with van der Waals surface area (Å²) in [7, 11) is 0. The third-order valence-electron chi connectivity index (χ3n) is 10.8. The Morgan fingerprint density at radius 3 is 2.19 bits per heavy atom. The van der Waals surface area contributed by atoms with Crippen LogP contribution in [0.5, 0.6) is 5.75 Å². The molecule has 0 unspecified atom stereocenters. The Morgan fingerprint density at radius 1 is 0.787 bits per heavy atom. The molecule has 4 amide bonds. The molecular weight excluding hydrogens is 598 g/mol. The van der Waals surface area contributed by atoms with Crippen LogP contribution in [0.1, 0.15) is 31.2 Å². The minimum absolute atomic E-state index is 0.0166. The highest BCUT2D eigenvalue weighted by molar-refractivity contribution is 6.25. The van der Waals surface area contributed by atoms with Crippen molar-refractivity contribution in [3.63, 3.8) is 0 Å². The summed E-state index contributed by atoms with van der Waals surface area (Å²) >= 11 is 0. The summed E-state index contributed by atoms with van der Waals surface area (Å²) in [5, 5.41) is 24.4. The van der Waals surface area contributed by atoms with E-state index in [0.717, 1.165) is 21.2 Å². The number of carbonyl (C=O) groups is 4. The lowest BCUT2D eigenvalue weighted by Crippen LogP contribution is -2.49. The first-order valence-electron chi connectivity index (χ1n) is 15.6. The quantitative estimate of drug-likeness (QED) is 0.129. The fraction of sp³-hybridized carbons (Fsp3) is 0.243. The van der Waals surface area contributed by atoms with Crippen LogP contribution in [-0.2, 0) is 19.2 Å². The summed E-state index contributed by atoms with van der Waals surface area (Å²) in [6.07, 6.45) is 2.34. The largest absolute Gasteiger partial charge is 0.508 e. The number of nitro benzene ring substituents is 1. The van der Waals surface area contributed by atoms with Crippen LogP contribution in [-0.4, -0.2) is 33.7 Å². The lowest BCUT2D eigenvalue weighted by Gasteiger charge is -2.49. The molecule has 1 N–H and O–H groups in total. The SMILES string of the molecule is C[C@@]12C(=O)N(c3ccccc3)C(=O)[C@@H]1C[C@@H]1C(=CC[C@@H]3C(=O)N(c4ccc([N+](=O)[O-])cc4)C(=O)[C@@H]31)[C@@H]2c1c(O)ccc2ccccc12. The number of phenols is 1. The van der Waals surface area contributed by atoms with Crippen molar-refractivity contribution in [3.05, 3.63) is 118 Å². The average molecular weight is 628 g/mol. The number of non-ortho nitro benzene ring substituents is 1. The summed E-state index contributed by atoms with van der Waals surface area (Å²) in [6.45, 7) is 1.79. The van der Waals surface area contributed by atoms with Gasteiger partial charge in [-0.1, -0.05) is 60.2 Å². The van der Waals surface area contributed by atoms with Crippen LogP contribution in [0.4, 0.5) is 17.1 Å². The van der Waals surface area contributed by atoms with Crippen LogP contribution < -0.4 is 9.80 Å². The summed E-state index contributed by atoms with van der Waals surface area (Å²) < 4.78 is 0. The minimum atomic E-state index is -1.30. The average Bonchev–Trinajstić information content (AvgIpc) is 3.45. The van der Waals surface area contributed by atoms with Crippen molar-refractivity contribution in [1.82, 2.24) is 0 Å². The van der Waals surface area contributed by atoms with Gasteiger partial charge >= 0.3 is 0 Å². The monoisotopic (exact) mass is 627 g/mol. The lowest BCUT2D eigenvalue weighted by molar-refractivity contribution is -0.384. The number of nitro groups is 1. The molecule has 0 bridgehead atoms. The van der Waals surface area contributed by atoms with Gasteiger partial charge in [-0.05, 0) is 66.8 Å². The van der Waals surface area contributed by atoms with E-state index in [1.807, 2.05) is 30.3 Å². The van der Waals surface area contributed by atoms with Crippen molar-refractivity contribution in [1.29, 1.82) is 0 Å². The van der Waals surface area contributed by atoms with Crippen LogP contribution in [0.15, 0.2) is 103 Å². The first-order valence-corrected chi connectivity index (χ1v) is 15.6. The highest BCUT2D eigenvalue weighted by Crippen LogP contribution is 2.65. The molecule has 2 aliphatic heterocycles. The third kappa shape index (κ3) is 3.90. The molecule has 2 saturated heterocycles. The zero-order chi connectivity index (χ0) is 32.8. The maximum absolute atomic E-state index is 14.7. The van der Waals surface area contributed by atoms with Crippen molar-refractivity contribution in [2.75, 3.05) is 9.80 Å². The molecule has 6 atom stereocenters. The Bertz CT molecular complexity index is 2070. The number of benzene rings is 4. The number of rotatable bonds is 4. The Labute approximate surface area is 269 Å². The molecule has 0 aromatic heterocycles. The molecule has 47 heavy (non-hydrogen) atoms. The number of para-hydroxylation sites is 1. The Kier molecular flexibility index (Phi) is 6.24. The molecule has 4 aromatic carbocycles. The molecule has 10 nitrogen and oxygen atoms in total. The summed E-state index contributed by atoms with van der Waals surface area (Å²) in [5.74, 6) is -5.29. The van der Waals surface area contributed by atoms with E-state index in [-0.39, 0.29) is 41.8 Å². The van der Waals surface area contributed by atoms with Crippen molar-refractivity contribution in [3.8, 4) is 5.75 Å². The van der Waals surface area contributed by atoms with E-state index in [1.54, 1.807) is 49.4 Å². The molecule has 2 heterocycles. The summed E-state index contributed by atoms with van der Waals surface area (Å²) in [4.78, 5) is 70.2. The van der Waals surface area contributed by atoms with E-state index in [9.17, 15) is 34.4 Å². The number of anilines is 2. The first-order chi connectivity index (χ1) is 22.6. The molecule has 8 rings (SSSR count). The van der Waals surface area contributed by atoms with Crippen molar-refractivity contribution < 1.29 is 29.2 Å². The molecular formula is C37H29N3O7. The Balaban J connectivity index is 1.30. The van der Waals surface area contributed by atoms with Gasteiger partial charge in [-0.2, -0.15) is 0 Å².